The number of alkyl halides is 3. The van der Waals surface area contributed by atoms with Gasteiger partial charge < -0.3 is 4.74 Å². The van der Waals surface area contributed by atoms with Gasteiger partial charge in [0.25, 0.3) is 0 Å². The van der Waals surface area contributed by atoms with Crippen LogP contribution in [0.1, 0.15) is 32.3 Å². The summed E-state index contributed by atoms with van der Waals surface area (Å²) in [7, 11) is 0. The largest absolute Gasteiger partial charge is 0.491 e. The summed E-state index contributed by atoms with van der Waals surface area (Å²) in [6.45, 7) is 5.45. The Balaban J connectivity index is 2.03. The third-order valence-corrected chi connectivity index (χ3v) is 4.61. The normalized spacial score (nSPS) is 18.0. The van der Waals surface area contributed by atoms with Crippen molar-refractivity contribution in [3.05, 3.63) is 28.2 Å². The third-order valence-electron chi connectivity index (χ3n) is 3.87. The number of rotatable bonds is 4. The number of halogens is 4. The SMILES string of the molecule is CC(C)Oc1cccc(Br)c1CN1CCC(C(F)(F)F)CC1. The Morgan fingerprint density at radius 2 is 1.91 bits per heavy atom. The molecule has 1 heterocycles. The van der Waals surface area contributed by atoms with Crippen LogP contribution in [0.4, 0.5) is 13.2 Å². The Morgan fingerprint density at radius 3 is 2.45 bits per heavy atom. The van der Waals surface area contributed by atoms with E-state index in [4.69, 9.17) is 4.74 Å². The van der Waals surface area contributed by atoms with Crippen LogP contribution in [0.3, 0.4) is 0 Å². The van der Waals surface area contributed by atoms with Gasteiger partial charge >= 0.3 is 6.18 Å². The van der Waals surface area contributed by atoms with Crippen LogP contribution in [0, 0.1) is 5.92 Å². The van der Waals surface area contributed by atoms with Crippen molar-refractivity contribution in [2.75, 3.05) is 13.1 Å². The van der Waals surface area contributed by atoms with Crippen LogP contribution < -0.4 is 4.74 Å². The summed E-state index contributed by atoms with van der Waals surface area (Å²) in [4.78, 5) is 2.06. The van der Waals surface area contributed by atoms with Gasteiger partial charge in [-0.1, -0.05) is 22.0 Å². The summed E-state index contributed by atoms with van der Waals surface area (Å²) >= 11 is 3.52. The molecule has 1 aliphatic rings. The summed E-state index contributed by atoms with van der Waals surface area (Å²) in [5, 5.41) is 0. The minimum Gasteiger partial charge on any atom is -0.491 e. The second kappa shape index (κ2) is 7.21. The van der Waals surface area contributed by atoms with Gasteiger partial charge in [0.1, 0.15) is 5.75 Å². The maximum absolute atomic E-state index is 12.7. The first kappa shape index (κ1) is 17.6. The predicted octanol–water partition coefficient (Wildman–Crippen LogP) is 5.01. The average molecular weight is 380 g/mol. The molecule has 124 valence electrons. The van der Waals surface area contributed by atoms with Crippen molar-refractivity contribution in [2.45, 2.75) is 45.5 Å². The summed E-state index contributed by atoms with van der Waals surface area (Å²) < 4.78 is 44.9. The molecule has 0 aliphatic carbocycles. The number of likely N-dealkylation sites (tertiary alicyclic amines) is 1. The molecule has 2 rings (SSSR count). The highest BCUT2D eigenvalue weighted by Crippen LogP contribution is 2.35. The molecule has 0 atom stereocenters. The van der Waals surface area contributed by atoms with Crippen LogP contribution >= 0.6 is 15.9 Å². The number of piperidine rings is 1. The van der Waals surface area contributed by atoms with E-state index in [-0.39, 0.29) is 18.9 Å². The van der Waals surface area contributed by atoms with Gasteiger partial charge in [0, 0.05) is 16.6 Å². The lowest BCUT2D eigenvalue weighted by atomic mass is 9.96. The third kappa shape index (κ3) is 4.62. The lowest BCUT2D eigenvalue weighted by molar-refractivity contribution is -0.185. The molecule has 1 saturated heterocycles. The van der Waals surface area contributed by atoms with E-state index >= 15 is 0 Å². The highest BCUT2D eigenvalue weighted by atomic mass is 79.9. The van der Waals surface area contributed by atoms with Gasteiger partial charge in [-0.2, -0.15) is 13.2 Å². The molecular weight excluding hydrogens is 359 g/mol. The smallest absolute Gasteiger partial charge is 0.391 e. The van der Waals surface area contributed by atoms with E-state index in [0.29, 0.717) is 19.6 Å². The van der Waals surface area contributed by atoms with Crippen LogP contribution in [0.25, 0.3) is 0 Å². The zero-order valence-electron chi connectivity index (χ0n) is 12.8. The molecule has 0 radical (unpaired) electrons. The first-order valence-corrected chi connectivity index (χ1v) is 8.29. The highest BCUT2D eigenvalue weighted by Gasteiger charge is 2.41. The van der Waals surface area contributed by atoms with Gasteiger partial charge in [0.05, 0.1) is 12.0 Å². The predicted molar refractivity (Wildman–Crippen MR) is 84.0 cm³/mol. The van der Waals surface area contributed by atoms with Crippen molar-refractivity contribution in [3.8, 4) is 5.75 Å². The first-order valence-electron chi connectivity index (χ1n) is 7.50. The lowest BCUT2D eigenvalue weighted by Gasteiger charge is -2.33. The van der Waals surface area contributed by atoms with E-state index < -0.39 is 12.1 Å². The standard InChI is InChI=1S/C16H21BrF3NO/c1-11(2)22-15-5-3-4-14(17)13(15)10-21-8-6-12(7-9-21)16(18,19)20/h3-5,11-12H,6-10H2,1-2H3. The topological polar surface area (TPSA) is 12.5 Å². The Labute approximate surface area is 137 Å². The summed E-state index contributed by atoms with van der Waals surface area (Å²) in [5.74, 6) is -0.364. The summed E-state index contributed by atoms with van der Waals surface area (Å²) in [6.07, 6.45) is -3.66. The molecule has 22 heavy (non-hydrogen) atoms. The zero-order chi connectivity index (χ0) is 16.3. The molecule has 0 saturated carbocycles. The van der Waals surface area contributed by atoms with Crippen LogP contribution in [-0.4, -0.2) is 30.3 Å². The molecule has 1 aromatic rings. The highest BCUT2D eigenvalue weighted by molar-refractivity contribution is 9.10. The van der Waals surface area contributed by atoms with Gasteiger partial charge in [-0.3, -0.25) is 4.90 Å². The van der Waals surface area contributed by atoms with Crippen molar-refractivity contribution in [2.24, 2.45) is 5.92 Å². The van der Waals surface area contributed by atoms with Crippen LogP contribution in [0.2, 0.25) is 0 Å². The van der Waals surface area contributed by atoms with Crippen molar-refractivity contribution >= 4 is 15.9 Å². The maximum Gasteiger partial charge on any atom is 0.391 e. The number of benzene rings is 1. The van der Waals surface area contributed by atoms with E-state index in [1.807, 2.05) is 32.0 Å². The Kier molecular flexibility index (Phi) is 5.77. The summed E-state index contributed by atoms with van der Waals surface area (Å²) in [6, 6.07) is 5.74. The molecule has 1 fully saturated rings. The molecule has 0 unspecified atom stereocenters. The van der Waals surface area contributed by atoms with Gasteiger partial charge in [-0.25, -0.2) is 0 Å². The fourth-order valence-electron chi connectivity index (χ4n) is 2.70. The lowest BCUT2D eigenvalue weighted by Crippen LogP contribution is -2.38. The molecular formula is C16H21BrF3NO. The first-order chi connectivity index (χ1) is 10.3. The molecule has 0 spiro atoms. The summed E-state index contributed by atoms with van der Waals surface area (Å²) in [5.41, 5.74) is 1.00. The van der Waals surface area contributed by atoms with Crippen molar-refractivity contribution < 1.29 is 17.9 Å². The number of nitrogens with zero attached hydrogens (tertiary/aromatic N) is 1. The Hall–Kier alpha value is -0.750. The van der Waals surface area contributed by atoms with Gasteiger partial charge in [-0.15, -0.1) is 0 Å². The number of ether oxygens (including phenoxy) is 1. The molecule has 0 amide bonds. The zero-order valence-corrected chi connectivity index (χ0v) is 14.4. The van der Waals surface area contributed by atoms with Crippen molar-refractivity contribution in [1.29, 1.82) is 0 Å². The molecule has 6 heteroatoms. The van der Waals surface area contributed by atoms with E-state index in [0.717, 1.165) is 15.8 Å². The Morgan fingerprint density at radius 1 is 1.27 bits per heavy atom. The quantitative estimate of drug-likeness (QED) is 0.728. The molecule has 0 N–H and O–H groups in total. The van der Waals surface area contributed by atoms with Gasteiger partial charge in [-0.05, 0) is 51.9 Å². The second-order valence-electron chi connectivity index (χ2n) is 5.98. The van der Waals surface area contributed by atoms with Crippen LogP contribution in [0.15, 0.2) is 22.7 Å². The minimum absolute atomic E-state index is 0.0593. The van der Waals surface area contributed by atoms with Gasteiger partial charge in [0.15, 0.2) is 0 Å². The Bertz CT molecular complexity index is 497. The fourth-order valence-corrected chi connectivity index (χ4v) is 3.17. The molecule has 1 aromatic carbocycles. The molecule has 0 bridgehead atoms. The maximum atomic E-state index is 12.7. The van der Waals surface area contributed by atoms with E-state index in [9.17, 15) is 13.2 Å². The monoisotopic (exact) mass is 379 g/mol. The molecule has 2 nitrogen and oxygen atoms in total. The van der Waals surface area contributed by atoms with Crippen molar-refractivity contribution in [1.82, 2.24) is 4.90 Å². The van der Waals surface area contributed by atoms with E-state index in [2.05, 4.69) is 20.8 Å². The average Bonchev–Trinajstić information content (AvgIpc) is 2.42. The van der Waals surface area contributed by atoms with E-state index in [1.165, 1.54) is 0 Å². The number of hydrogen-bond donors (Lipinski definition) is 0. The minimum atomic E-state index is -4.06. The second-order valence-corrected chi connectivity index (χ2v) is 6.83. The van der Waals surface area contributed by atoms with Crippen LogP contribution in [0.5, 0.6) is 5.75 Å². The number of hydrogen-bond acceptors (Lipinski definition) is 2. The fraction of sp³-hybridized carbons (Fsp3) is 0.625. The van der Waals surface area contributed by atoms with Gasteiger partial charge in [0.2, 0.25) is 0 Å². The molecule has 1 aliphatic heterocycles. The molecule has 0 aromatic heterocycles. The van der Waals surface area contributed by atoms with Crippen LogP contribution in [-0.2, 0) is 6.54 Å². The van der Waals surface area contributed by atoms with E-state index in [1.54, 1.807) is 0 Å². The van der Waals surface area contributed by atoms with Crippen molar-refractivity contribution in [3.63, 3.8) is 0 Å².